The van der Waals surface area contributed by atoms with Gasteiger partial charge in [-0.25, -0.2) is 4.98 Å². The Morgan fingerprint density at radius 2 is 2.14 bits per heavy atom. The standard InChI is InChI=1S/C15H12BrN3O2S/c16-10-5-6-13(17-7-10)18-14(20)8-19-11-3-1-2-4-12(11)22-9-15(19)21/h1-7H,8-9H2,(H,17,18,20). The van der Waals surface area contributed by atoms with Crippen molar-refractivity contribution in [1.29, 1.82) is 0 Å². The Kier molecular flexibility index (Phi) is 4.44. The number of amides is 2. The predicted octanol–water partition coefficient (Wildman–Crippen LogP) is 2.92. The summed E-state index contributed by atoms with van der Waals surface area (Å²) in [4.78, 5) is 30.9. The number of pyridine rings is 1. The maximum atomic E-state index is 12.2. The average Bonchev–Trinajstić information content (AvgIpc) is 2.52. The SMILES string of the molecule is O=C(CN1C(=O)CSc2ccccc21)Nc1ccc(Br)cn1. The molecule has 0 aliphatic carbocycles. The first kappa shape index (κ1) is 15.1. The van der Waals surface area contributed by atoms with Gasteiger partial charge in [-0.3, -0.25) is 9.59 Å². The summed E-state index contributed by atoms with van der Waals surface area (Å²) in [6.07, 6.45) is 1.60. The fraction of sp³-hybridized carbons (Fsp3) is 0.133. The monoisotopic (exact) mass is 377 g/mol. The number of nitrogens with one attached hydrogen (secondary N) is 1. The van der Waals surface area contributed by atoms with Crippen LogP contribution in [0.3, 0.4) is 0 Å². The number of hydrogen-bond acceptors (Lipinski definition) is 4. The van der Waals surface area contributed by atoms with Crippen LogP contribution in [-0.2, 0) is 9.59 Å². The average molecular weight is 378 g/mol. The van der Waals surface area contributed by atoms with E-state index in [9.17, 15) is 9.59 Å². The minimum atomic E-state index is -0.273. The van der Waals surface area contributed by atoms with Gasteiger partial charge >= 0.3 is 0 Å². The van der Waals surface area contributed by atoms with Gasteiger partial charge in [0.05, 0.1) is 11.4 Å². The lowest BCUT2D eigenvalue weighted by atomic mass is 10.2. The molecule has 1 N–H and O–H groups in total. The fourth-order valence-electron chi connectivity index (χ4n) is 2.10. The van der Waals surface area contributed by atoms with Crippen LogP contribution in [0.15, 0.2) is 52.0 Å². The Bertz CT molecular complexity index is 721. The zero-order valence-electron chi connectivity index (χ0n) is 11.5. The van der Waals surface area contributed by atoms with Crippen LogP contribution in [0.4, 0.5) is 11.5 Å². The molecule has 1 aromatic carbocycles. The molecule has 0 saturated carbocycles. The van der Waals surface area contributed by atoms with Gasteiger partial charge in [0.1, 0.15) is 12.4 Å². The Morgan fingerprint density at radius 1 is 1.32 bits per heavy atom. The summed E-state index contributed by atoms with van der Waals surface area (Å²) >= 11 is 4.78. The van der Waals surface area contributed by atoms with Crippen LogP contribution in [-0.4, -0.2) is 29.1 Å². The summed E-state index contributed by atoms with van der Waals surface area (Å²) in [6, 6.07) is 11.1. The minimum Gasteiger partial charge on any atom is -0.309 e. The summed E-state index contributed by atoms with van der Waals surface area (Å²) in [6.45, 7) is -0.0197. The van der Waals surface area contributed by atoms with E-state index in [-0.39, 0.29) is 18.4 Å². The van der Waals surface area contributed by atoms with Crippen molar-refractivity contribution in [2.45, 2.75) is 4.90 Å². The molecule has 7 heteroatoms. The molecule has 2 heterocycles. The molecular weight excluding hydrogens is 366 g/mol. The summed E-state index contributed by atoms with van der Waals surface area (Å²) < 4.78 is 0.836. The van der Waals surface area contributed by atoms with Crippen molar-refractivity contribution in [3.05, 3.63) is 47.1 Å². The lowest BCUT2D eigenvalue weighted by Gasteiger charge is -2.28. The number of hydrogen-bond donors (Lipinski definition) is 1. The third-order valence-electron chi connectivity index (χ3n) is 3.10. The number of aromatic nitrogens is 1. The quantitative estimate of drug-likeness (QED) is 0.892. The molecule has 0 bridgehead atoms. The van der Waals surface area contributed by atoms with Crippen molar-refractivity contribution in [3.8, 4) is 0 Å². The number of rotatable bonds is 3. The van der Waals surface area contributed by atoms with E-state index in [4.69, 9.17) is 0 Å². The Balaban J connectivity index is 1.73. The van der Waals surface area contributed by atoms with Crippen LogP contribution < -0.4 is 10.2 Å². The van der Waals surface area contributed by atoms with Gasteiger partial charge in [-0.15, -0.1) is 11.8 Å². The zero-order valence-corrected chi connectivity index (χ0v) is 13.9. The second kappa shape index (κ2) is 6.50. The molecule has 1 aliphatic heterocycles. The highest BCUT2D eigenvalue weighted by molar-refractivity contribution is 9.10. The van der Waals surface area contributed by atoms with Gasteiger partial charge in [-0.1, -0.05) is 12.1 Å². The molecule has 0 fully saturated rings. The van der Waals surface area contributed by atoms with E-state index in [2.05, 4.69) is 26.2 Å². The third kappa shape index (κ3) is 3.31. The third-order valence-corrected chi connectivity index (χ3v) is 4.62. The highest BCUT2D eigenvalue weighted by atomic mass is 79.9. The van der Waals surface area contributed by atoms with Crippen LogP contribution in [0, 0.1) is 0 Å². The second-order valence-electron chi connectivity index (χ2n) is 4.65. The van der Waals surface area contributed by atoms with E-state index in [1.54, 1.807) is 18.3 Å². The first-order chi connectivity index (χ1) is 10.6. The fourth-order valence-corrected chi connectivity index (χ4v) is 3.27. The highest BCUT2D eigenvalue weighted by Gasteiger charge is 2.26. The number of para-hydroxylation sites is 1. The second-order valence-corrected chi connectivity index (χ2v) is 6.58. The molecule has 112 valence electrons. The topological polar surface area (TPSA) is 62.3 Å². The summed E-state index contributed by atoms with van der Waals surface area (Å²) in [5.74, 6) is 0.466. The van der Waals surface area contributed by atoms with Crippen molar-refractivity contribution < 1.29 is 9.59 Å². The van der Waals surface area contributed by atoms with Crippen LogP contribution in [0.1, 0.15) is 0 Å². The van der Waals surface area contributed by atoms with Gasteiger partial charge in [0.2, 0.25) is 11.8 Å². The van der Waals surface area contributed by atoms with Crippen molar-refractivity contribution >= 4 is 51.0 Å². The Morgan fingerprint density at radius 3 is 2.91 bits per heavy atom. The van der Waals surface area contributed by atoms with Crippen molar-refractivity contribution in [3.63, 3.8) is 0 Å². The molecule has 0 spiro atoms. The van der Waals surface area contributed by atoms with Crippen molar-refractivity contribution in [1.82, 2.24) is 4.98 Å². The summed E-state index contributed by atoms with van der Waals surface area (Å²) in [7, 11) is 0. The van der Waals surface area contributed by atoms with Crippen LogP contribution in [0.5, 0.6) is 0 Å². The van der Waals surface area contributed by atoms with Gasteiger partial charge in [0.25, 0.3) is 0 Å². The number of nitrogens with zero attached hydrogens (tertiary/aromatic N) is 2. The zero-order chi connectivity index (χ0) is 15.5. The molecular formula is C15H12BrN3O2S. The summed E-state index contributed by atoms with van der Waals surface area (Å²) in [5.41, 5.74) is 0.780. The molecule has 2 amide bonds. The van der Waals surface area contributed by atoms with E-state index in [1.807, 2.05) is 24.3 Å². The van der Waals surface area contributed by atoms with Crippen molar-refractivity contribution in [2.24, 2.45) is 0 Å². The number of thioether (sulfide) groups is 1. The van der Waals surface area contributed by atoms with E-state index < -0.39 is 0 Å². The molecule has 3 rings (SSSR count). The highest BCUT2D eigenvalue weighted by Crippen LogP contribution is 2.34. The smallest absolute Gasteiger partial charge is 0.245 e. The first-order valence-corrected chi connectivity index (χ1v) is 8.35. The molecule has 0 radical (unpaired) electrons. The molecule has 1 aliphatic rings. The van der Waals surface area contributed by atoms with Crippen LogP contribution in [0.25, 0.3) is 0 Å². The van der Waals surface area contributed by atoms with Gasteiger partial charge in [0.15, 0.2) is 0 Å². The first-order valence-electron chi connectivity index (χ1n) is 6.57. The maximum Gasteiger partial charge on any atom is 0.245 e. The van der Waals surface area contributed by atoms with Crippen molar-refractivity contribution in [2.75, 3.05) is 22.5 Å². The van der Waals surface area contributed by atoms with E-state index >= 15 is 0 Å². The maximum absolute atomic E-state index is 12.2. The van der Waals surface area contributed by atoms with Crippen LogP contribution in [0.2, 0.25) is 0 Å². The van der Waals surface area contributed by atoms with Crippen LogP contribution >= 0.6 is 27.7 Å². The Hall–Kier alpha value is -1.86. The number of halogens is 1. The van der Waals surface area contributed by atoms with Gasteiger partial charge < -0.3 is 10.2 Å². The largest absolute Gasteiger partial charge is 0.309 e. The lowest BCUT2D eigenvalue weighted by molar-refractivity contribution is -0.120. The Labute approximate surface area is 140 Å². The number of anilines is 2. The molecule has 0 unspecified atom stereocenters. The lowest BCUT2D eigenvalue weighted by Crippen LogP contribution is -2.41. The van der Waals surface area contributed by atoms with Gasteiger partial charge in [-0.2, -0.15) is 0 Å². The van der Waals surface area contributed by atoms with Gasteiger partial charge in [0, 0.05) is 15.6 Å². The van der Waals surface area contributed by atoms with E-state index in [0.717, 1.165) is 15.1 Å². The molecule has 0 saturated heterocycles. The normalized spacial score (nSPS) is 13.7. The number of benzene rings is 1. The number of carbonyl (C=O) groups is 2. The van der Waals surface area contributed by atoms with E-state index in [1.165, 1.54) is 16.7 Å². The summed E-state index contributed by atoms with van der Waals surface area (Å²) in [5, 5.41) is 2.70. The molecule has 1 aromatic heterocycles. The number of fused-ring (bicyclic) bond motifs is 1. The molecule has 22 heavy (non-hydrogen) atoms. The molecule has 2 aromatic rings. The van der Waals surface area contributed by atoms with Gasteiger partial charge in [-0.05, 0) is 40.2 Å². The van der Waals surface area contributed by atoms with E-state index in [0.29, 0.717) is 11.6 Å². The molecule has 5 nitrogen and oxygen atoms in total. The molecule has 0 atom stereocenters. The predicted molar refractivity (Wildman–Crippen MR) is 90.1 cm³/mol. The number of carbonyl (C=O) groups excluding carboxylic acids is 2. The minimum absolute atomic E-state index is 0.0197.